The Kier molecular flexibility index (Phi) is 11.8. The fraction of sp³-hybridized carbons (Fsp3) is 0.667. The second kappa shape index (κ2) is 15.7. The molecule has 1 heterocycles. The van der Waals surface area contributed by atoms with Crippen LogP contribution in [-0.4, -0.2) is 79.6 Å². The summed E-state index contributed by atoms with van der Waals surface area (Å²) in [6, 6.07) is 7.18. The zero-order chi connectivity index (χ0) is 28.2. The summed E-state index contributed by atoms with van der Waals surface area (Å²) in [4.78, 5) is 54.5. The largest absolute Gasteiger partial charge is 0.378 e. The van der Waals surface area contributed by atoms with E-state index in [1.807, 2.05) is 30.3 Å². The molecule has 4 rings (SSSR count). The Bertz CT molecular complexity index is 972. The Morgan fingerprint density at radius 2 is 1.55 bits per heavy atom. The van der Waals surface area contributed by atoms with Crippen molar-refractivity contribution in [2.45, 2.75) is 88.9 Å². The molecule has 10 heteroatoms. The van der Waals surface area contributed by atoms with Crippen LogP contribution in [-0.2, 0) is 30.5 Å². The molecule has 0 spiro atoms. The Hall–Kier alpha value is -2.98. The lowest BCUT2D eigenvalue weighted by molar-refractivity contribution is -0.141. The van der Waals surface area contributed by atoms with Crippen LogP contribution in [0.2, 0.25) is 0 Å². The van der Waals surface area contributed by atoms with E-state index in [-0.39, 0.29) is 25.3 Å². The first-order valence-electron chi connectivity index (χ1n) is 14.9. The number of morpholine rings is 1. The van der Waals surface area contributed by atoms with Gasteiger partial charge in [-0.3, -0.25) is 14.4 Å². The number of carbonyl (C=O) groups is 4. The van der Waals surface area contributed by atoms with Gasteiger partial charge in [0.1, 0.15) is 12.1 Å². The second-order valence-electron chi connectivity index (χ2n) is 11.2. The summed E-state index contributed by atoms with van der Waals surface area (Å²) in [6.45, 7) is 1.92. The van der Waals surface area contributed by atoms with E-state index in [1.165, 1.54) is 6.42 Å². The topological polar surface area (TPSA) is 126 Å². The molecule has 1 aromatic carbocycles. The van der Waals surface area contributed by atoms with Crippen LogP contribution in [0.4, 0.5) is 4.79 Å². The van der Waals surface area contributed by atoms with E-state index in [0.29, 0.717) is 38.6 Å². The van der Waals surface area contributed by atoms with E-state index in [0.717, 1.165) is 56.9 Å². The lowest BCUT2D eigenvalue weighted by atomic mass is 9.84. The predicted octanol–water partition coefficient (Wildman–Crippen LogP) is 2.70. The molecule has 2 saturated carbocycles. The highest BCUT2D eigenvalue weighted by molar-refractivity contribution is 6.38. The van der Waals surface area contributed by atoms with Crippen molar-refractivity contribution in [3.63, 3.8) is 0 Å². The van der Waals surface area contributed by atoms with Crippen LogP contribution in [0.3, 0.4) is 0 Å². The van der Waals surface area contributed by atoms with Crippen LogP contribution >= 0.6 is 0 Å². The van der Waals surface area contributed by atoms with Gasteiger partial charge in [-0.05, 0) is 30.7 Å². The number of nitrogens with one attached hydrogen (secondary N) is 3. The maximum absolute atomic E-state index is 13.6. The number of ether oxygens (including phenoxy) is 2. The summed E-state index contributed by atoms with van der Waals surface area (Å²) in [6.07, 6.45) is 9.61. The second-order valence-corrected chi connectivity index (χ2v) is 11.2. The first kappa shape index (κ1) is 30.0. The molecule has 0 aromatic heterocycles. The summed E-state index contributed by atoms with van der Waals surface area (Å²) < 4.78 is 11.2. The number of hydrogen-bond donors (Lipinski definition) is 3. The third kappa shape index (κ3) is 9.30. The monoisotopic (exact) mass is 556 g/mol. The van der Waals surface area contributed by atoms with Crippen molar-refractivity contribution >= 4 is 23.6 Å². The Morgan fingerprint density at radius 3 is 2.25 bits per heavy atom. The molecule has 0 bridgehead atoms. The van der Waals surface area contributed by atoms with Gasteiger partial charge in [0.05, 0.1) is 26.4 Å². The summed E-state index contributed by atoms with van der Waals surface area (Å²) in [7, 11) is 0. The maximum Gasteiger partial charge on any atom is 0.318 e. The highest BCUT2D eigenvalue weighted by atomic mass is 16.5. The maximum atomic E-state index is 13.6. The lowest BCUT2D eigenvalue weighted by Gasteiger charge is -2.31. The number of benzene rings is 1. The molecule has 2 unspecified atom stereocenters. The van der Waals surface area contributed by atoms with Crippen molar-refractivity contribution in [1.29, 1.82) is 0 Å². The van der Waals surface area contributed by atoms with Crippen molar-refractivity contribution in [2.75, 3.05) is 32.9 Å². The normalized spacial score (nSPS) is 19.9. The fourth-order valence-electron chi connectivity index (χ4n) is 5.80. The highest BCUT2D eigenvalue weighted by Gasteiger charge is 2.34. The number of nitrogens with zero attached hydrogens (tertiary/aromatic N) is 1. The predicted molar refractivity (Wildman–Crippen MR) is 149 cm³/mol. The molecule has 40 heavy (non-hydrogen) atoms. The lowest BCUT2D eigenvalue weighted by Crippen LogP contribution is -2.58. The molecule has 1 aromatic rings. The zero-order valence-corrected chi connectivity index (χ0v) is 23.4. The molecular formula is C30H44N4O6. The van der Waals surface area contributed by atoms with Gasteiger partial charge in [-0.2, -0.15) is 0 Å². The van der Waals surface area contributed by atoms with Crippen LogP contribution in [0.5, 0.6) is 0 Å². The summed E-state index contributed by atoms with van der Waals surface area (Å²) in [5.74, 6) is -1.60. The molecule has 2 aliphatic carbocycles. The van der Waals surface area contributed by atoms with E-state index in [2.05, 4.69) is 16.0 Å². The minimum Gasteiger partial charge on any atom is -0.378 e. The number of ketones is 1. The van der Waals surface area contributed by atoms with Crippen LogP contribution < -0.4 is 16.0 Å². The summed E-state index contributed by atoms with van der Waals surface area (Å²) in [5, 5.41) is 8.52. The Morgan fingerprint density at radius 1 is 0.875 bits per heavy atom. The molecule has 220 valence electrons. The number of carbonyl (C=O) groups excluding carboxylic acids is 4. The van der Waals surface area contributed by atoms with Crippen LogP contribution in [0, 0.1) is 5.92 Å². The molecular weight excluding hydrogens is 512 g/mol. The van der Waals surface area contributed by atoms with Crippen molar-refractivity contribution in [3.8, 4) is 0 Å². The van der Waals surface area contributed by atoms with Crippen molar-refractivity contribution in [3.05, 3.63) is 35.9 Å². The highest BCUT2D eigenvalue weighted by Crippen LogP contribution is 2.27. The van der Waals surface area contributed by atoms with Crippen LogP contribution in [0.25, 0.3) is 0 Å². The first-order valence-corrected chi connectivity index (χ1v) is 14.9. The minimum absolute atomic E-state index is 0.0232. The van der Waals surface area contributed by atoms with Crippen LogP contribution in [0.15, 0.2) is 30.3 Å². The van der Waals surface area contributed by atoms with Gasteiger partial charge in [-0.25, -0.2) is 4.79 Å². The SMILES string of the molecule is O=C(NC1CCCC1)C(=O)C(COCc1ccccc1)NC(=O)C(CC1CCCCC1)NC(=O)N1CCOCC1. The summed E-state index contributed by atoms with van der Waals surface area (Å²) in [5.41, 5.74) is 0.920. The molecule has 1 saturated heterocycles. The quantitative estimate of drug-likeness (QED) is 0.340. The van der Waals surface area contributed by atoms with Gasteiger partial charge in [0.25, 0.3) is 5.91 Å². The van der Waals surface area contributed by atoms with E-state index >= 15 is 0 Å². The fourth-order valence-corrected chi connectivity index (χ4v) is 5.80. The average Bonchev–Trinajstić information content (AvgIpc) is 3.50. The smallest absolute Gasteiger partial charge is 0.318 e. The van der Waals surface area contributed by atoms with Crippen molar-refractivity contribution in [2.24, 2.45) is 5.92 Å². The number of amides is 4. The molecule has 3 N–H and O–H groups in total. The van der Waals surface area contributed by atoms with E-state index in [1.54, 1.807) is 4.90 Å². The standard InChI is InChI=1S/C30H44N4O6/c35-27(29(37)31-24-13-7-8-14-24)26(21-40-20-23-11-5-2-6-12-23)32-28(36)25(19-22-9-3-1-4-10-22)33-30(38)34-15-17-39-18-16-34/h2,5-6,11-12,22,24-26H,1,3-4,7-10,13-21H2,(H,31,37)(H,32,36)(H,33,38). The van der Waals surface area contributed by atoms with E-state index < -0.39 is 29.7 Å². The van der Waals surface area contributed by atoms with Gasteiger partial charge in [-0.1, -0.05) is 75.3 Å². The van der Waals surface area contributed by atoms with Gasteiger partial charge in [-0.15, -0.1) is 0 Å². The molecule has 1 aliphatic heterocycles. The molecule has 4 amide bonds. The van der Waals surface area contributed by atoms with Gasteiger partial charge < -0.3 is 30.3 Å². The third-order valence-corrected chi connectivity index (χ3v) is 8.15. The minimum atomic E-state index is -1.16. The van der Waals surface area contributed by atoms with Gasteiger partial charge in [0, 0.05) is 19.1 Å². The third-order valence-electron chi connectivity index (χ3n) is 8.15. The van der Waals surface area contributed by atoms with Gasteiger partial charge in [0.15, 0.2) is 0 Å². The molecule has 2 atom stereocenters. The van der Waals surface area contributed by atoms with E-state index in [4.69, 9.17) is 9.47 Å². The molecule has 10 nitrogen and oxygen atoms in total. The average molecular weight is 557 g/mol. The number of hydrogen-bond acceptors (Lipinski definition) is 6. The number of rotatable bonds is 12. The summed E-state index contributed by atoms with van der Waals surface area (Å²) >= 11 is 0. The van der Waals surface area contributed by atoms with Gasteiger partial charge in [0.2, 0.25) is 11.7 Å². The number of urea groups is 1. The van der Waals surface area contributed by atoms with Gasteiger partial charge >= 0.3 is 6.03 Å². The molecule has 0 radical (unpaired) electrons. The van der Waals surface area contributed by atoms with E-state index in [9.17, 15) is 19.2 Å². The Labute approximate surface area is 236 Å². The molecule has 3 fully saturated rings. The number of Topliss-reactive ketones (excluding diaryl/α,β-unsaturated/α-hetero) is 1. The van der Waals surface area contributed by atoms with Crippen molar-refractivity contribution in [1.82, 2.24) is 20.9 Å². The first-order chi connectivity index (χ1) is 19.5. The van der Waals surface area contributed by atoms with Crippen LogP contribution in [0.1, 0.15) is 69.8 Å². The zero-order valence-electron chi connectivity index (χ0n) is 23.4. The molecule has 3 aliphatic rings. The van der Waals surface area contributed by atoms with Crippen molar-refractivity contribution < 1.29 is 28.7 Å². The Balaban J connectivity index is 1.43.